The Labute approximate surface area is 209 Å². The van der Waals surface area contributed by atoms with Crippen molar-refractivity contribution in [3.8, 4) is 11.8 Å². The zero-order valence-corrected chi connectivity index (χ0v) is 20.5. The van der Waals surface area contributed by atoms with Gasteiger partial charge in [0, 0.05) is 29.1 Å². The molecule has 0 saturated heterocycles. The lowest BCUT2D eigenvalue weighted by molar-refractivity contribution is -0.119. The van der Waals surface area contributed by atoms with Crippen molar-refractivity contribution >= 4 is 29.0 Å². The number of nitrogens with two attached hydrogens (primary N) is 1. The van der Waals surface area contributed by atoms with Crippen LogP contribution in [0.5, 0.6) is 5.75 Å². The van der Waals surface area contributed by atoms with Crippen LogP contribution in [-0.2, 0) is 14.3 Å². The molecule has 35 heavy (non-hydrogen) atoms. The number of hydrogen-bond acceptors (Lipinski definition) is 6. The number of nitrogens with one attached hydrogen (secondary N) is 1. The minimum absolute atomic E-state index is 0.00402. The molecule has 3 N–H and O–H groups in total. The summed E-state index contributed by atoms with van der Waals surface area (Å²) in [7, 11) is 0. The number of ketones is 1. The average Bonchev–Trinajstić information content (AvgIpc) is 2.79. The van der Waals surface area contributed by atoms with Crippen molar-refractivity contribution in [3.63, 3.8) is 0 Å². The Hall–Kier alpha value is -3.76. The van der Waals surface area contributed by atoms with E-state index in [0.29, 0.717) is 46.2 Å². The molecule has 1 aliphatic heterocycles. The first-order valence-corrected chi connectivity index (χ1v) is 11.6. The molecule has 1 amide bonds. The zero-order valence-electron chi connectivity index (χ0n) is 19.8. The first-order chi connectivity index (χ1) is 16.6. The number of halogens is 1. The predicted octanol–water partition coefficient (Wildman–Crippen LogP) is 5.12. The Kier molecular flexibility index (Phi) is 6.60. The standard InChI is InChI=1S/C27H26ClN3O4/c1-15-19(28)8-5-9-20(15)31-23(33)14-34-17-7-4-6-16(10-17)24-18(13-29)26(30)35-22-12-27(2,3)11-21(32)25(22)24/h4-10,24H,11-12,14,30H2,1-3H3,(H,31,33). The molecule has 2 aromatic rings. The summed E-state index contributed by atoms with van der Waals surface area (Å²) >= 11 is 6.12. The van der Waals surface area contributed by atoms with E-state index >= 15 is 0 Å². The van der Waals surface area contributed by atoms with Gasteiger partial charge in [-0.1, -0.05) is 43.6 Å². The van der Waals surface area contributed by atoms with E-state index in [1.807, 2.05) is 20.8 Å². The molecule has 1 heterocycles. The van der Waals surface area contributed by atoms with Gasteiger partial charge in [0.15, 0.2) is 12.4 Å². The summed E-state index contributed by atoms with van der Waals surface area (Å²) in [6.07, 6.45) is 0.896. The molecule has 0 saturated carbocycles. The molecule has 0 fully saturated rings. The van der Waals surface area contributed by atoms with Crippen molar-refractivity contribution in [2.45, 2.75) is 39.5 Å². The summed E-state index contributed by atoms with van der Waals surface area (Å²) < 4.78 is 11.5. The number of nitriles is 1. The van der Waals surface area contributed by atoms with Gasteiger partial charge in [-0.15, -0.1) is 0 Å². The van der Waals surface area contributed by atoms with E-state index in [1.165, 1.54) is 0 Å². The molecular formula is C27H26ClN3O4. The van der Waals surface area contributed by atoms with Crippen LogP contribution in [0, 0.1) is 23.7 Å². The van der Waals surface area contributed by atoms with Gasteiger partial charge in [-0.3, -0.25) is 9.59 Å². The number of nitrogens with zero attached hydrogens (tertiary/aromatic N) is 1. The third-order valence-corrected chi connectivity index (χ3v) is 6.59. The molecule has 0 bridgehead atoms. The number of amides is 1. The lowest BCUT2D eigenvalue weighted by Gasteiger charge is -2.37. The Morgan fingerprint density at radius 2 is 2.03 bits per heavy atom. The van der Waals surface area contributed by atoms with E-state index in [9.17, 15) is 14.9 Å². The molecule has 1 atom stereocenters. The highest BCUT2D eigenvalue weighted by molar-refractivity contribution is 6.31. The van der Waals surface area contributed by atoms with Crippen molar-refractivity contribution in [1.29, 1.82) is 5.26 Å². The number of benzene rings is 2. The number of allylic oxidation sites excluding steroid dienone is 3. The molecule has 8 heteroatoms. The first-order valence-electron chi connectivity index (χ1n) is 11.2. The lowest BCUT2D eigenvalue weighted by atomic mass is 9.70. The van der Waals surface area contributed by atoms with Gasteiger partial charge in [-0.05, 0) is 47.7 Å². The summed E-state index contributed by atoms with van der Waals surface area (Å²) in [4.78, 5) is 25.6. The first kappa shape index (κ1) is 24.4. The van der Waals surface area contributed by atoms with Crippen LogP contribution in [0.15, 0.2) is 65.3 Å². The van der Waals surface area contributed by atoms with Crippen LogP contribution in [0.2, 0.25) is 5.02 Å². The Bertz CT molecular complexity index is 1320. The predicted molar refractivity (Wildman–Crippen MR) is 132 cm³/mol. The van der Waals surface area contributed by atoms with Crippen molar-refractivity contribution in [1.82, 2.24) is 0 Å². The Balaban J connectivity index is 1.57. The minimum atomic E-state index is -0.654. The number of anilines is 1. The maximum Gasteiger partial charge on any atom is 0.262 e. The number of carbonyl (C=O) groups excluding carboxylic acids is 2. The molecule has 1 aliphatic carbocycles. The molecule has 1 unspecified atom stereocenters. The molecule has 4 rings (SSSR count). The largest absolute Gasteiger partial charge is 0.484 e. The van der Waals surface area contributed by atoms with Crippen LogP contribution < -0.4 is 15.8 Å². The monoisotopic (exact) mass is 491 g/mol. The van der Waals surface area contributed by atoms with Crippen LogP contribution in [0.1, 0.15) is 43.7 Å². The summed E-state index contributed by atoms with van der Waals surface area (Å²) in [5.41, 5.74) is 8.51. The number of ether oxygens (including phenoxy) is 2. The van der Waals surface area contributed by atoms with Gasteiger partial charge in [0.2, 0.25) is 5.88 Å². The van der Waals surface area contributed by atoms with E-state index in [2.05, 4.69) is 11.4 Å². The SMILES string of the molecule is Cc1c(Cl)cccc1NC(=O)COc1cccc(C2C(C#N)=C(N)OC3=C2C(=O)CC(C)(C)C3)c1. The second kappa shape index (κ2) is 9.47. The summed E-state index contributed by atoms with van der Waals surface area (Å²) in [6, 6.07) is 14.4. The van der Waals surface area contributed by atoms with E-state index in [4.69, 9.17) is 26.8 Å². The van der Waals surface area contributed by atoms with Crippen LogP contribution in [-0.4, -0.2) is 18.3 Å². The van der Waals surface area contributed by atoms with Crippen molar-refractivity contribution < 1.29 is 19.1 Å². The van der Waals surface area contributed by atoms with Crippen LogP contribution >= 0.6 is 11.6 Å². The summed E-state index contributed by atoms with van der Waals surface area (Å²) in [5.74, 6) is -0.125. The molecular weight excluding hydrogens is 466 g/mol. The van der Waals surface area contributed by atoms with E-state index in [1.54, 1.807) is 42.5 Å². The molecule has 2 aromatic carbocycles. The fraction of sp³-hybridized carbons (Fsp3) is 0.296. The van der Waals surface area contributed by atoms with Crippen LogP contribution in [0.25, 0.3) is 0 Å². The molecule has 0 aromatic heterocycles. The number of carbonyl (C=O) groups is 2. The third kappa shape index (κ3) is 5.03. The average molecular weight is 492 g/mol. The highest BCUT2D eigenvalue weighted by Gasteiger charge is 2.43. The van der Waals surface area contributed by atoms with E-state index in [-0.39, 0.29) is 35.2 Å². The van der Waals surface area contributed by atoms with Gasteiger partial charge < -0.3 is 20.5 Å². The van der Waals surface area contributed by atoms with Gasteiger partial charge in [-0.25, -0.2) is 0 Å². The summed E-state index contributed by atoms with van der Waals surface area (Å²) in [5, 5.41) is 13.2. The Morgan fingerprint density at radius 3 is 2.77 bits per heavy atom. The topological polar surface area (TPSA) is 114 Å². The second-order valence-corrected chi connectivity index (χ2v) is 9.93. The minimum Gasteiger partial charge on any atom is -0.484 e. The number of rotatable bonds is 5. The normalized spacial score (nSPS) is 18.9. The van der Waals surface area contributed by atoms with Gasteiger partial charge in [0.05, 0.1) is 5.92 Å². The van der Waals surface area contributed by atoms with Crippen LogP contribution in [0.4, 0.5) is 5.69 Å². The van der Waals surface area contributed by atoms with Crippen molar-refractivity contribution in [2.75, 3.05) is 11.9 Å². The smallest absolute Gasteiger partial charge is 0.262 e. The molecule has 0 spiro atoms. The maximum absolute atomic E-state index is 13.1. The fourth-order valence-electron chi connectivity index (χ4n) is 4.48. The van der Waals surface area contributed by atoms with Crippen LogP contribution in [0.3, 0.4) is 0 Å². The molecule has 0 radical (unpaired) electrons. The van der Waals surface area contributed by atoms with Gasteiger partial charge in [0.1, 0.15) is 23.2 Å². The van der Waals surface area contributed by atoms with Crippen molar-refractivity contribution in [3.05, 3.63) is 81.4 Å². The zero-order chi connectivity index (χ0) is 25.3. The quantitative estimate of drug-likeness (QED) is 0.600. The van der Waals surface area contributed by atoms with E-state index in [0.717, 1.165) is 5.56 Å². The Morgan fingerprint density at radius 1 is 1.29 bits per heavy atom. The highest BCUT2D eigenvalue weighted by Crippen LogP contribution is 2.48. The van der Waals surface area contributed by atoms with Gasteiger partial charge in [0.25, 0.3) is 5.91 Å². The fourth-order valence-corrected chi connectivity index (χ4v) is 4.65. The van der Waals surface area contributed by atoms with Crippen molar-refractivity contribution in [2.24, 2.45) is 11.1 Å². The van der Waals surface area contributed by atoms with Gasteiger partial charge in [-0.2, -0.15) is 5.26 Å². The molecule has 180 valence electrons. The summed E-state index contributed by atoms with van der Waals surface area (Å²) in [6.45, 7) is 5.58. The van der Waals surface area contributed by atoms with Gasteiger partial charge >= 0.3 is 0 Å². The highest BCUT2D eigenvalue weighted by atomic mass is 35.5. The molecule has 2 aliphatic rings. The van der Waals surface area contributed by atoms with E-state index < -0.39 is 5.92 Å². The second-order valence-electron chi connectivity index (χ2n) is 9.52. The third-order valence-electron chi connectivity index (χ3n) is 6.18. The molecule has 7 nitrogen and oxygen atoms in total. The number of hydrogen-bond donors (Lipinski definition) is 2. The maximum atomic E-state index is 13.1. The lowest BCUT2D eigenvalue weighted by Crippen LogP contribution is -2.33. The number of Topliss-reactive ketones (excluding diaryl/α,β-unsaturated/α-hetero) is 1.